The lowest BCUT2D eigenvalue weighted by Crippen LogP contribution is -2.28. The maximum absolute atomic E-state index is 13.4. The van der Waals surface area contributed by atoms with Crippen LogP contribution >= 0.6 is 0 Å². The van der Waals surface area contributed by atoms with Crippen molar-refractivity contribution >= 4 is 10.0 Å². The molecule has 0 saturated heterocycles. The molecule has 0 spiro atoms. The van der Waals surface area contributed by atoms with Crippen LogP contribution in [0.4, 0.5) is 8.78 Å². The molecule has 3 rings (SSSR count). The lowest BCUT2D eigenvalue weighted by Gasteiger charge is -2.11. The maximum atomic E-state index is 13.4. The molecule has 1 N–H and O–H groups in total. The molecule has 0 radical (unpaired) electrons. The van der Waals surface area contributed by atoms with E-state index in [1.165, 1.54) is 25.3 Å². The third-order valence-corrected chi connectivity index (χ3v) is 5.32. The number of halogens is 2. The molecule has 3 aromatic rings. The Labute approximate surface area is 166 Å². The van der Waals surface area contributed by atoms with Crippen molar-refractivity contribution in [2.45, 2.75) is 4.90 Å². The predicted octanol–water partition coefficient (Wildman–Crippen LogP) is 2.79. The number of ether oxygens (including phenoxy) is 2. The zero-order valence-electron chi connectivity index (χ0n) is 15.3. The Morgan fingerprint density at radius 3 is 2.34 bits per heavy atom. The summed E-state index contributed by atoms with van der Waals surface area (Å²) in [6.45, 7) is -0.106. The third kappa shape index (κ3) is 5.24. The average Bonchev–Trinajstić information content (AvgIpc) is 2.72. The van der Waals surface area contributed by atoms with Gasteiger partial charge in [0.05, 0.1) is 12.8 Å². The summed E-state index contributed by atoms with van der Waals surface area (Å²) in [6.07, 6.45) is 0. The van der Waals surface area contributed by atoms with E-state index in [-0.39, 0.29) is 35.5 Å². The zero-order valence-corrected chi connectivity index (χ0v) is 16.1. The van der Waals surface area contributed by atoms with Crippen molar-refractivity contribution in [3.05, 3.63) is 66.2 Å². The molecular formula is C19H17F2N3O4S. The second-order valence-electron chi connectivity index (χ2n) is 5.81. The minimum absolute atomic E-state index is 0.0264. The maximum Gasteiger partial charge on any atom is 0.244 e. The molecule has 2 aromatic carbocycles. The highest BCUT2D eigenvalue weighted by molar-refractivity contribution is 7.89. The molecule has 7 nitrogen and oxygen atoms in total. The number of hydrogen-bond donors (Lipinski definition) is 1. The number of nitrogens with one attached hydrogen (secondary N) is 1. The van der Waals surface area contributed by atoms with Crippen molar-refractivity contribution in [1.29, 1.82) is 0 Å². The second kappa shape index (κ2) is 8.93. The summed E-state index contributed by atoms with van der Waals surface area (Å²) < 4.78 is 63.7. The fourth-order valence-corrected chi connectivity index (χ4v) is 3.63. The van der Waals surface area contributed by atoms with Crippen LogP contribution in [0, 0.1) is 11.6 Å². The van der Waals surface area contributed by atoms with E-state index < -0.39 is 15.8 Å². The molecule has 29 heavy (non-hydrogen) atoms. The first-order valence-electron chi connectivity index (χ1n) is 8.45. The van der Waals surface area contributed by atoms with Crippen LogP contribution in [0.1, 0.15) is 0 Å². The second-order valence-corrected chi connectivity index (χ2v) is 7.54. The summed E-state index contributed by atoms with van der Waals surface area (Å²) >= 11 is 0. The normalized spacial score (nSPS) is 11.3. The van der Waals surface area contributed by atoms with Gasteiger partial charge >= 0.3 is 0 Å². The summed E-state index contributed by atoms with van der Waals surface area (Å²) in [5.74, 6) is -0.820. The minimum atomic E-state index is -3.99. The Bertz CT molecular complexity index is 1080. The Kier molecular flexibility index (Phi) is 6.35. The molecule has 0 aliphatic carbocycles. The van der Waals surface area contributed by atoms with Crippen LogP contribution in [0.3, 0.4) is 0 Å². The highest BCUT2D eigenvalue weighted by Crippen LogP contribution is 2.24. The summed E-state index contributed by atoms with van der Waals surface area (Å²) in [4.78, 5) is -0.302. The van der Waals surface area contributed by atoms with Crippen molar-refractivity contribution in [3.8, 4) is 22.9 Å². The van der Waals surface area contributed by atoms with E-state index in [2.05, 4.69) is 14.9 Å². The van der Waals surface area contributed by atoms with Gasteiger partial charge in [-0.05, 0) is 48.5 Å². The molecule has 0 atom stereocenters. The molecule has 10 heteroatoms. The van der Waals surface area contributed by atoms with Crippen LogP contribution in [0.2, 0.25) is 0 Å². The van der Waals surface area contributed by atoms with Gasteiger partial charge in [-0.15, -0.1) is 10.2 Å². The fourth-order valence-electron chi connectivity index (χ4n) is 2.44. The molecule has 0 bridgehead atoms. The van der Waals surface area contributed by atoms with Crippen LogP contribution in [0.15, 0.2) is 59.5 Å². The largest absolute Gasteiger partial charge is 0.495 e. The SMILES string of the molecule is COc1ccc(F)cc1S(=O)(=O)NCCOc1ccc(-c2ccc(F)cc2)nn1. The van der Waals surface area contributed by atoms with E-state index in [1.54, 1.807) is 24.3 Å². The van der Waals surface area contributed by atoms with Crippen LogP contribution in [-0.2, 0) is 10.0 Å². The van der Waals surface area contributed by atoms with Gasteiger partial charge in [0.15, 0.2) is 0 Å². The van der Waals surface area contributed by atoms with Crippen LogP contribution < -0.4 is 14.2 Å². The van der Waals surface area contributed by atoms with E-state index in [9.17, 15) is 17.2 Å². The van der Waals surface area contributed by atoms with E-state index in [0.29, 0.717) is 11.3 Å². The van der Waals surface area contributed by atoms with Crippen molar-refractivity contribution in [1.82, 2.24) is 14.9 Å². The number of nitrogens with zero attached hydrogens (tertiary/aromatic N) is 2. The number of benzene rings is 2. The van der Waals surface area contributed by atoms with Gasteiger partial charge < -0.3 is 9.47 Å². The topological polar surface area (TPSA) is 90.4 Å². The molecule has 1 aromatic heterocycles. The molecule has 0 unspecified atom stereocenters. The molecule has 0 fully saturated rings. The highest BCUT2D eigenvalue weighted by Gasteiger charge is 2.20. The van der Waals surface area contributed by atoms with Gasteiger partial charge in [-0.3, -0.25) is 0 Å². The van der Waals surface area contributed by atoms with Crippen LogP contribution in [0.25, 0.3) is 11.3 Å². The van der Waals surface area contributed by atoms with Gasteiger partial charge in [0.25, 0.3) is 0 Å². The Morgan fingerprint density at radius 1 is 0.966 bits per heavy atom. The number of methoxy groups -OCH3 is 1. The standard InChI is InChI=1S/C19H17F2N3O4S/c1-27-17-8-6-15(21)12-18(17)29(25,26)22-10-11-28-19-9-7-16(23-24-19)13-2-4-14(20)5-3-13/h2-9,12,22H,10-11H2,1H3. The van der Waals surface area contributed by atoms with Crippen LogP contribution in [-0.4, -0.2) is 38.9 Å². The number of aromatic nitrogens is 2. The molecule has 152 valence electrons. The summed E-state index contributed by atoms with van der Waals surface area (Å²) in [7, 11) is -2.69. The summed E-state index contributed by atoms with van der Waals surface area (Å²) in [6, 6.07) is 12.2. The summed E-state index contributed by atoms with van der Waals surface area (Å²) in [5.41, 5.74) is 1.23. The average molecular weight is 421 g/mol. The fraction of sp³-hybridized carbons (Fsp3) is 0.158. The molecule has 1 heterocycles. The lowest BCUT2D eigenvalue weighted by atomic mass is 10.1. The van der Waals surface area contributed by atoms with Gasteiger partial charge in [0, 0.05) is 18.2 Å². The lowest BCUT2D eigenvalue weighted by molar-refractivity contribution is 0.307. The quantitative estimate of drug-likeness (QED) is 0.563. The van der Waals surface area contributed by atoms with Gasteiger partial charge in [0.1, 0.15) is 28.9 Å². The molecule has 0 aliphatic rings. The number of hydrogen-bond acceptors (Lipinski definition) is 6. The van der Waals surface area contributed by atoms with E-state index >= 15 is 0 Å². The highest BCUT2D eigenvalue weighted by atomic mass is 32.2. The predicted molar refractivity (Wildman–Crippen MR) is 101 cm³/mol. The van der Waals surface area contributed by atoms with Crippen molar-refractivity contribution in [2.24, 2.45) is 0 Å². The molecule has 0 amide bonds. The first-order valence-corrected chi connectivity index (χ1v) is 9.93. The van der Waals surface area contributed by atoms with E-state index in [1.807, 2.05) is 0 Å². The molecule has 0 saturated carbocycles. The van der Waals surface area contributed by atoms with Gasteiger partial charge in [-0.25, -0.2) is 21.9 Å². The molecule has 0 aliphatic heterocycles. The monoisotopic (exact) mass is 421 g/mol. The third-order valence-electron chi connectivity index (χ3n) is 3.84. The smallest absolute Gasteiger partial charge is 0.244 e. The van der Waals surface area contributed by atoms with E-state index in [4.69, 9.17) is 9.47 Å². The molecular weight excluding hydrogens is 404 g/mol. The van der Waals surface area contributed by atoms with Crippen molar-refractivity contribution < 1.29 is 26.7 Å². The Balaban J connectivity index is 1.56. The minimum Gasteiger partial charge on any atom is -0.495 e. The first kappa shape index (κ1) is 20.6. The zero-order chi connectivity index (χ0) is 20.9. The Morgan fingerprint density at radius 2 is 1.69 bits per heavy atom. The van der Waals surface area contributed by atoms with Crippen molar-refractivity contribution in [3.63, 3.8) is 0 Å². The Hall–Kier alpha value is -3.11. The van der Waals surface area contributed by atoms with Gasteiger partial charge in [-0.1, -0.05) is 0 Å². The number of rotatable bonds is 8. The van der Waals surface area contributed by atoms with E-state index in [0.717, 1.165) is 12.1 Å². The van der Waals surface area contributed by atoms with Gasteiger partial charge in [0.2, 0.25) is 15.9 Å². The summed E-state index contributed by atoms with van der Waals surface area (Å²) in [5, 5.41) is 7.89. The number of sulfonamides is 1. The van der Waals surface area contributed by atoms with Gasteiger partial charge in [-0.2, -0.15) is 0 Å². The first-order chi connectivity index (χ1) is 13.9. The van der Waals surface area contributed by atoms with Crippen LogP contribution in [0.5, 0.6) is 11.6 Å². The van der Waals surface area contributed by atoms with Crippen molar-refractivity contribution in [2.75, 3.05) is 20.3 Å².